The first-order chi connectivity index (χ1) is 8.69. The van der Waals surface area contributed by atoms with Crippen LogP contribution in [-0.4, -0.2) is 23.7 Å². The number of aliphatic hydroxyl groups is 1. The van der Waals surface area contributed by atoms with E-state index in [1.54, 1.807) is 0 Å². The summed E-state index contributed by atoms with van der Waals surface area (Å²) in [5.74, 6) is 0.0627. The Morgan fingerprint density at radius 1 is 1.33 bits per heavy atom. The van der Waals surface area contributed by atoms with E-state index in [9.17, 15) is 4.79 Å². The van der Waals surface area contributed by atoms with Gasteiger partial charge in [-0.05, 0) is 25.3 Å². The Morgan fingerprint density at radius 2 is 1.94 bits per heavy atom. The van der Waals surface area contributed by atoms with Gasteiger partial charge in [-0.1, -0.05) is 43.2 Å². The lowest BCUT2D eigenvalue weighted by molar-refractivity contribution is -0.127. The molecule has 1 amide bonds. The molecule has 1 aromatic rings. The number of benzene rings is 1. The number of carbonyl (C=O) groups is 1. The van der Waals surface area contributed by atoms with Crippen LogP contribution in [0.4, 0.5) is 0 Å². The fraction of sp³-hybridized carbons (Fsp3) is 0.533. The molecule has 3 nitrogen and oxygen atoms in total. The van der Waals surface area contributed by atoms with Gasteiger partial charge in [0.1, 0.15) is 0 Å². The molecule has 0 spiro atoms. The van der Waals surface area contributed by atoms with Crippen LogP contribution in [0.2, 0.25) is 0 Å². The van der Waals surface area contributed by atoms with Crippen molar-refractivity contribution < 1.29 is 9.90 Å². The van der Waals surface area contributed by atoms with Crippen LogP contribution in [0.3, 0.4) is 0 Å². The molecular weight excluding hydrogens is 226 g/mol. The standard InChI is InChI=1S/C15H21NO2/c1-12(11-17)16-14(18)15(9-5-6-10-15)13-7-3-2-4-8-13/h2-4,7-8,12,17H,5-6,9-11H2,1H3,(H,16,18). The van der Waals surface area contributed by atoms with E-state index in [0.717, 1.165) is 31.2 Å². The highest BCUT2D eigenvalue weighted by Gasteiger charge is 2.42. The largest absolute Gasteiger partial charge is 0.394 e. The molecular formula is C15H21NO2. The molecule has 0 aromatic heterocycles. The third-order valence-electron chi connectivity index (χ3n) is 3.87. The van der Waals surface area contributed by atoms with E-state index in [2.05, 4.69) is 5.32 Å². The monoisotopic (exact) mass is 247 g/mol. The number of rotatable bonds is 4. The Kier molecular flexibility index (Phi) is 4.02. The summed E-state index contributed by atoms with van der Waals surface area (Å²) in [5, 5.41) is 12.0. The molecule has 0 bridgehead atoms. The molecule has 1 aliphatic carbocycles. The summed E-state index contributed by atoms with van der Waals surface area (Å²) in [5.41, 5.74) is 0.718. The SMILES string of the molecule is CC(CO)NC(=O)C1(c2ccccc2)CCCC1. The van der Waals surface area contributed by atoms with Gasteiger partial charge in [0, 0.05) is 6.04 Å². The molecule has 0 saturated heterocycles. The molecule has 0 heterocycles. The molecule has 1 aliphatic rings. The fourth-order valence-electron chi connectivity index (χ4n) is 2.79. The number of hydrogen-bond acceptors (Lipinski definition) is 2. The number of hydrogen-bond donors (Lipinski definition) is 2. The Morgan fingerprint density at radius 3 is 2.50 bits per heavy atom. The molecule has 2 N–H and O–H groups in total. The lowest BCUT2D eigenvalue weighted by Crippen LogP contribution is -2.47. The van der Waals surface area contributed by atoms with Gasteiger partial charge in [-0.3, -0.25) is 4.79 Å². The van der Waals surface area contributed by atoms with Crippen molar-refractivity contribution in [2.24, 2.45) is 0 Å². The molecule has 18 heavy (non-hydrogen) atoms. The van der Waals surface area contributed by atoms with Gasteiger partial charge in [0.2, 0.25) is 5.91 Å². The van der Waals surface area contributed by atoms with Gasteiger partial charge in [0.15, 0.2) is 0 Å². The van der Waals surface area contributed by atoms with Crippen LogP contribution in [0.25, 0.3) is 0 Å². The highest BCUT2D eigenvalue weighted by atomic mass is 16.3. The fourth-order valence-corrected chi connectivity index (χ4v) is 2.79. The quantitative estimate of drug-likeness (QED) is 0.855. The molecule has 0 aliphatic heterocycles. The van der Waals surface area contributed by atoms with Crippen LogP contribution in [0.1, 0.15) is 38.2 Å². The number of nitrogens with one attached hydrogen (secondary N) is 1. The lowest BCUT2D eigenvalue weighted by Gasteiger charge is -2.29. The molecule has 2 rings (SSSR count). The molecule has 1 atom stereocenters. The van der Waals surface area contributed by atoms with Gasteiger partial charge in [-0.15, -0.1) is 0 Å². The van der Waals surface area contributed by atoms with Gasteiger partial charge in [0.05, 0.1) is 12.0 Å². The van der Waals surface area contributed by atoms with Crippen LogP contribution in [-0.2, 0) is 10.2 Å². The van der Waals surface area contributed by atoms with E-state index in [4.69, 9.17) is 5.11 Å². The van der Waals surface area contributed by atoms with Crippen LogP contribution < -0.4 is 5.32 Å². The summed E-state index contributed by atoms with van der Waals surface area (Å²) in [6.07, 6.45) is 3.99. The lowest BCUT2D eigenvalue weighted by atomic mass is 9.78. The summed E-state index contributed by atoms with van der Waals surface area (Å²) in [4.78, 5) is 12.5. The topological polar surface area (TPSA) is 49.3 Å². The van der Waals surface area contributed by atoms with Crippen LogP contribution in [0.15, 0.2) is 30.3 Å². The minimum atomic E-state index is -0.384. The zero-order valence-corrected chi connectivity index (χ0v) is 10.9. The zero-order valence-electron chi connectivity index (χ0n) is 10.9. The van der Waals surface area contributed by atoms with Crippen LogP contribution >= 0.6 is 0 Å². The summed E-state index contributed by atoms with van der Waals surface area (Å²) in [6, 6.07) is 9.83. The van der Waals surface area contributed by atoms with Gasteiger partial charge in [0.25, 0.3) is 0 Å². The molecule has 98 valence electrons. The second-order valence-electron chi connectivity index (χ2n) is 5.21. The average Bonchev–Trinajstić information content (AvgIpc) is 2.90. The van der Waals surface area contributed by atoms with Crippen molar-refractivity contribution in [2.75, 3.05) is 6.61 Å². The van der Waals surface area contributed by atoms with E-state index in [-0.39, 0.29) is 24.0 Å². The zero-order chi connectivity index (χ0) is 13.0. The Balaban J connectivity index is 2.25. The summed E-state index contributed by atoms with van der Waals surface area (Å²) >= 11 is 0. The number of aliphatic hydroxyl groups excluding tert-OH is 1. The molecule has 1 fully saturated rings. The summed E-state index contributed by atoms with van der Waals surface area (Å²) in [6.45, 7) is 1.81. The van der Waals surface area contributed by atoms with Crippen molar-refractivity contribution >= 4 is 5.91 Å². The van der Waals surface area contributed by atoms with Crippen LogP contribution in [0.5, 0.6) is 0 Å². The third kappa shape index (κ3) is 2.41. The Hall–Kier alpha value is -1.35. The maximum absolute atomic E-state index is 12.5. The van der Waals surface area contributed by atoms with E-state index in [0.29, 0.717) is 0 Å². The van der Waals surface area contributed by atoms with Crippen molar-refractivity contribution in [1.82, 2.24) is 5.32 Å². The second kappa shape index (κ2) is 5.53. The van der Waals surface area contributed by atoms with E-state index in [1.165, 1.54) is 0 Å². The van der Waals surface area contributed by atoms with E-state index < -0.39 is 0 Å². The smallest absolute Gasteiger partial charge is 0.230 e. The first-order valence-corrected chi connectivity index (χ1v) is 6.66. The first-order valence-electron chi connectivity index (χ1n) is 6.66. The van der Waals surface area contributed by atoms with Gasteiger partial charge < -0.3 is 10.4 Å². The highest BCUT2D eigenvalue weighted by Crippen LogP contribution is 2.41. The number of carbonyl (C=O) groups excluding carboxylic acids is 1. The van der Waals surface area contributed by atoms with Crippen molar-refractivity contribution in [2.45, 2.75) is 44.1 Å². The van der Waals surface area contributed by atoms with Gasteiger partial charge in [-0.2, -0.15) is 0 Å². The van der Waals surface area contributed by atoms with Crippen molar-refractivity contribution in [3.05, 3.63) is 35.9 Å². The molecule has 1 unspecified atom stereocenters. The molecule has 1 aromatic carbocycles. The Bertz CT molecular complexity index is 396. The summed E-state index contributed by atoms with van der Waals surface area (Å²) < 4.78 is 0. The highest BCUT2D eigenvalue weighted by molar-refractivity contribution is 5.88. The maximum atomic E-state index is 12.5. The predicted octanol–water partition coefficient (Wildman–Crippen LogP) is 2.00. The van der Waals surface area contributed by atoms with E-state index >= 15 is 0 Å². The molecule has 0 radical (unpaired) electrons. The van der Waals surface area contributed by atoms with Crippen molar-refractivity contribution in [1.29, 1.82) is 0 Å². The number of amides is 1. The van der Waals surface area contributed by atoms with E-state index in [1.807, 2.05) is 37.3 Å². The minimum absolute atomic E-state index is 0.0173. The molecule has 1 saturated carbocycles. The normalized spacial score (nSPS) is 19.4. The first kappa shape index (κ1) is 13.1. The predicted molar refractivity (Wildman–Crippen MR) is 71.3 cm³/mol. The van der Waals surface area contributed by atoms with Crippen molar-refractivity contribution in [3.8, 4) is 0 Å². The maximum Gasteiger partial charge on any atom is 0.230 e. The Labute approximate surface area is 108 Å². The second-order valence-corrected chi connectivity index (χ2v) is 5.21. The minimum Gasteiger partial charge on any atom is -0.394 e. The third-order valence-corrected chi connectivity index (χ3v) is 3.87. The van der Waals surface area contributed by atoms with Crippen molar-refractivity contribution in [3.63, 3.8) is 0 Å². The average molecular weight is 247 g/mol. The summed E-state index contributed by atoms with van der Waals surface area (Å²) in [7, 11) is 0. The van der Waals surface area contributed by atoms with Gasteiger partial charge in [-0.25, -0.2) is 0 Å². The van der Waals surface area contributed by atoms with Crippen LogP contribution in [0, 0.1) is 0 Å². The van der Waals surface area contributed by atoms with Gasteiger partial charge >= 0.3 is 0 Å². The molecule has 3 heteroatoms.